The fourth-order valence-corrected chi connectivity index (χ4v) is 1.06. The average Bonchev–Trinajstić information content (AvgIpc) is 2.19. The van der Waals surface area contributed by atoms with Crippen LogP contribution in [0.5, 0.6) is 11.5 Å². The van der Waals surface area contributed by atoms with Crippen LogP contribution in [-0.4, -0.2) is 21.6 Å². The van der Waals surface area contributed by atoms with E-state index >= 15 is 0 Å². The molecule has 70 valence electrons. The summed E-state index contributed by atoms with van der Waals surface area (Å²) in [6.45, 7) is 0.761. The van der Waals surface area contributed by atoms with E-state index in [1.807, 2.05) is 24.3 Å². The van der Waals surface area contributed by atoms with Gasteiger partial charge in [-0.3, -0.25) is 0 Å². The standard InChI is InChI=1S/C10H15BO2/c1-12-9-5-2-3-6-10(9)13-8-4-7-11/h2-3,5-6H,4,7-8,11H2,1H3. The van der Waals surface area contributed by atoms with Crippen molar-refractivity contribution >= 4 is 7.85 Å². The Bertz CT molecular complexity index is 250. The number of hydrogen-bond acceptors (Lipinski definition) is 2. The minimum atomic E-state index is 0.761. The zero-order valence-corrected chi connectivity index (χ0v) is 8.25. The maximum atomic E-state index is 5.54. The summed E-state index contributed by atoms with van der Waals surface area (Å²) in [5, 5.41) is 0. The second-order valence-electron chi connectivity index (χ2n) is 2.85. The second-order valence-corrected chi connectivity index (χ2v) is 2.85. The number of para-hydroxylation sites is 2. The summed E-state index contributed by atoms with van der Waals surface area (Å²) in [5.41, 5.74) is 0. The van der Waals surface area contributed by atoms with E-state index in [4.69, 9.17) is 9.47 Å². The first-order chi connectivity index (χ1) is 6.38. The van der Waals surface area contributed by atoms with E-state index in [1.165, 1.54) is 0 Å². The number of rotatable bonds is 5. The Labute approximate surface area is 80.3 Å². The van der Waals surface area contributed by atoms with Crippen molar-refractivity contribution in [2.75, 3.05) is 13.7 Å². The summed E-state index contributed by atoms with van der Waals surface area (Å²) >= 11 is 0. The summed E-state index contributed by atoms with van der Waals surface area (Å²) in [4.78, 5) is 0. The number of ether oxygens (including phenoxy) is 2. The van der Waals surface area contributed by atoms with Crippen LogP contribution in [0.3, 0.4) is 0 Å². The third kappa shape index (κ3) is 3.01. The third-order valence-electron chi connectivity index (χ3n) is 1.82. The number of methoxy groups -OCH3 is 1. The molecule has 1 rings (SSSR count). The molecular weight excluding hydrogens is 163 g/mol. The van der Waals surface area contributed by atoms with E-state index in [0.29, 0.717) is 0 Å². The van der Waals surface area contributed by atoms with Gasteiger partial charge in [0.25, 0.3) is 0 Å². The molecule has 0 fully saturated rings. The number of benzene rings is 1. The van der Waals surface area contributed by atoms with Crippen LogP contribution < -0.4 is 9.47 Å². The monoisotopic (exact) mass is 178 g/mol. The van der Waals surface area contributed by atoms with Crippen molar-refractivity contribution < 1.29 is 9.47 Å². The molecule has 2 nitrogen and oxygen atoms in total. The SMILES string of the molecule is BCCCOc1ccccc1OC. The van der Waals surface area contributed by atoms with Crippen LogP contribution in [0.15, 0.2) is 24.3 Å². The maximum absolute atomic E-state index is 5.54. The first-order valence-corrected chi connectivity index (χ1v) is 4.64. The Morgan fingerprint density at radius 3 is 2.54 bits per heavy atom. The largest absolute Gasteiger partial charge is 0.493 e. The zero-order chi connectivity index (χ0) is 9.52. The van der Waals surface area contributed by atoms with Gasteiger partial charge >= 0.3 is 0 Å². The molecule has 0 aliphatic heterocycles. The predicted octanol–water partition coefficient (Wildman–Crippen LogP) is 1.52. The fourth-order valence-electron chi connectivity index (χ4n) is 1.06. The molecule has 0 aromatic heterocycles. The highest BCUT2D eigenvalue weighted by molar-refractivity contribution is 6.08. The van der Waals surface area contributed by atoms with Gasteiger partial charge in [-0.25, -0.2) is 0 Å². The quantitative estimate of drug-likeness (QED) is 0.502. The van der Waals surface area contributed by atoms with Gasteiger partial charge in [0.05, 0.1) is 13.7 Å². The van der Waals surface area contributed by atoms with Crippen LogP contribution in [0.1, 0.15) is 6.42 Å². The normalized spacial score (nSPS) is 9.62. The highest BCUT2D eigenvalue weighted by atomic mass is 16.5. The van der Waals surface area contributed by atoms with Crippen molar-refractivity contribution in [2.24, 2.45) is 0 Å². The van der Waals surface area contributed by atoms with E-state index in [1.54, 1.807) is 7.11 Å². The molecule has 0 aliphatic carbocycles. The molecule has 0 N–H and O–H groups in total. The molecule has 3 heteroatoms. The van der Waals surface area contributed by atoms with Crippen LogP contribution in [0.4, 0.5) is 0 Å². The Morgan fingerprint density at radius 2 is 1.92 bits per heavy atom. The van der Waals surface area contributed by atoms with Crippen LogP contribution in [-0.2, 0) is 0 Å². The van der Waals surface area contributed by atoms with Crippen molar-refractivity contribution in [2.45, 2.75) is 12.7 Å². The first-order valence-electron chi connectivity index (χ1n) is 4.64. The molecule has 0 bridgehead atoms. The van der Waals surface area contributed by atoms with Gasteiger partial charge in [-0.15, -0.1) is 0 Å². The molecule has 0 saturated heterocycles. The van der Waals surface area contributed by atoms with E-state index in [0.717, 1.165) is 30.8 Å². The Balaban J connectivity index is 2.54. The van der Waals surface area contributed by atoms with Crippen molar-refractivity contribution in [3.8, 4) is 11.5 Å². The van der Waals surface area contributed by atoms with Gasteiger partial charge in [0, 0.05) is 0 Å². The molecule has 1 aromatic rings. The van der Waals surface area contributed by atoms with Crippen molar-refractivity contribution in [3.05, 3.63) is 24.3 Å². The molecule has 13 heavy (non-hydrogen) atoms. The highest BCUT2D eigenvalue weighted by Crippen LogP contribution is 2.25. The van der Waals surface area contributed by atoms with Gasteiger partial charge in [0.2, 0.25) is 0 Å². The minimum Gasteiger partial charge on any atom is -0.493 e. The molecule has 0 spiro atoms. The van der Waals surface area contributed by atoms with E-state index in [9.17, 15) is 0 Å². The van der Waals surface area contributed by atoms with E-state index in [-0.39, 0.29) is 0 Å². The lowest BCUT2D eigenvalue weighted by Crippen LogP contribution is -1.98. The summed E-state index contributed by atoms with van der Waals surface area (Å²) in [6.07, 6.45) is 2.23. The van der Waals surface area contributed by atoms with E-state index < -0.39 is 0 Å². The zero-order valence-electron chi connectivity index (χ0n) is 8.25. The lowest BCUT2D eigenvalue weighted by atomic mass is 10.0. The van der Waals surface area contributed by atoms with Crippen molar-refractivity contribution in [3.63, 3.8) is 0 Å². The van der Waals surface area contributed by atoms with Crippen LogP contribution >= 0.6 is 0 Å². The van der Waals surface area contributed by atoms with Crippen LogP contribution in [0.2, 0.25) is 6.32 Å². The van der Waals surface area contributed by atoms with Gasteiger partial charge in [0.15, 0.2) is 11.5 Å². The van der Waals surface area contributed by atoms with Gasteiger partial charge in [-0.1, -0.05) is 18.5 Å². The van der Waals surface area contributed by atoms with Gasteiger partial charge in [0.1, 0.15) is 7.85 Å². The molecule has 0 saturated carbocycles. The molecule has 0 atom stereocenters. The van der Waals surface area contributed by atoms with Gasteiger partial charge in [-0.05, 0) is 18.6 Å². The molecule has 0 heterocycles. The summed E-state index contributed by atoms with van der Waals surface area (Å²) in [7, 11) is 3.80. The van der Waals surface area contributed by atoms with Crippen LogP contribution in [0.25, 0.3) is 0 Å². The molecule has 0 radical (unpaired) electrons. The molecule has 0 unspecified atom stereocenters. The minimum absolute atomic E-state index is 0.761. The fraction of sp³-hybridized carbons (Fsp3) is 0.400. The molecular formula is C10H15BO2. The Kier molecular flexibility index (Phi) is 4.23. The average molecular weight is 178 g/mol. The van der Waals surface area contributed by atoms with Crippen molar-refractivity contribution in [1.82, 2.24) is 0 Å². The third-order valence-corrected chi connectivity index (χ3v) is 1.82. The lowest BCUT2D eigenvalue weighted by Gasteiger charge is -2.09. The first kappa shape index (κ1) is 9.97. The van der Waals surface area contributed by atoms with E-state index in [2.05, 4.69) is 7.85 Å². The predicted molar refractivity (Wildman–Crippen MR) is 56.5 cm³/mol. The molecule has 1 aromatic carbocycles. The second kappa shape index (κ2) is 5.52. The highest BCUT2D eigenvalue weighted by Gasteiger charge is 2.00. The van der Waals surface area contributed by atoms with Gasteiger partial charge < -0.3 is 9.47 Å². The summed E-state index contributed by atoms with van der Waals surface area (Å²) < 4.78 is 10.7. The smallest absolute Gasteiger partial charge is 0.161 e. The molecule has 0 aliphatic rings. The lowest BCUT2D eigenvalue weighted by molar-refractivity contribution is 0.294. The summed E-state index contributed by atoms with van der Waals surface area (Å²) in [6, 6.07) is 7.71. The van der Waals surface area contributed by atoms with Crippen LogP contribution in [0, 0.1) is 0 Å². The van der Waals surface area contributed by atoms with Gasteiger partial charge in [-0.2, -0.15) is 0 Å². The maximum Gasteiger partial charge on any atom is 0.161 e. The topological polar surface area (TPSA) is 18.5 Å². The number of hydrogen-bond donors (Lipinski definition) is 0. The molecule has 0 amide bonds. The van der Waals surface area contributed by atoms with Crippen molar-refractivity contribution in [1.29, 1.82) is 0 Å². The Hall–Kier alpha value is -1.12. The Morgan fingerprint density at radius 1 is 1.23 bits per heavy atom. The summed E-state index contributed by atoms with van der Waals surface area (Å²) in [5.74, 6) is 1.64.